The van der Waals surface area contributed by atoms with E-state index in [2.05, 4.69) is 24.0 Å². The molecule has 1 aliphatic carbocycles. The second-order valence-electron chi connectivity index (χ2n) is 5.55. The van der Waals surface area contributed by atoms with E-state index < -0.39 is 0 Å². The van der Waals surface area contributed by atoms with Crippen LogP contribution in [0.25, 0.3) is 0 Å². The summed E-state index contributed by atoms with van der Waals surface area (Å²) >= 11 is 0. The average Bonchev–Trinajstić information content (AvgIpc) is 2.55. The van der Waals surface area contributed by atoms with Crippen molar-refractivity contribution in [1.29, 1.82) is 0 Å². The van der Waals surface area contributed by atoms with Crippen molar-refractivity contribution in [3.63, 3.8) is 0 Å². The minimum atomic E-state index is 0.320. The maximum Gasteiger partial charge on any atom is 0.0229 e. The number of nitrogens with two attached hydrogens (primary N) is 1. The Morgan fingerprint density at radius 2 is 2.12 bits per heavy atom. The van der Waals surface area contributed by atoms with E-state index in [9.17, 15) is 0 Å². The van der Waals surface area contributed by atoms with Crippen molar-refractivity contribution in [2.45, 2.75) is 45.1 Å². The van der Waals surface area contributed by atoms with Crippen LogP contribution in [0.4, 0.5) is 0 Å². The lowest BCUT2D eigenvalue weighted by atomic mass is 9.98. The van der Waals surface area contributed by atoms with Crippen molar-refractivity contribution >= 4 is 0 Å². The number of hydrogen-bond donors (Lipinski definition) is 1. The molecular formula is C14H26N2. The maximum atomic E-state index is 5.90. The van der Waals surface area contributed by atoms with E-state index in [1.807, 2.05) is 0 Å². The Labute approximate surface area is 99.9 Å². The molecule has 3 atom stereocenters. The van der Waals surface area contributed by atoms with Gasteiger partial charge in [0.15, 0.2) is 0 Å². The Morgan fingerprint density at radius 3 is 2.81 bits per heavy atom. The summed E-state index contributed by atoms with van der Waals surface area (Å²) < 4.78 is 0. The SMILES string of the molecule is CCC1CCCN(CC2C=CC(N)C2)CC1. The number of nitrogens with zero attached hydrogens (tertiary/aromatic N) is 1. The molecule has 0 aromatic rings. The molecule has 0 spiro atoms. The van der Waals surface area contributed by atoms with Crippen LogP contribution >= 0.6 is 0 Å². The first-order valence-corrected chi connectivity index (χ1v) is 6.94. The lowest BCUT2D eigenvalue weighted by Gasteiger charge is -2.23. The van der Waals surface area contributed by atoms with Gasteiger partial charge in [0, 0.05) is 12.6 Å². The van der Waals surface area contributed by atoms with Gasteiger partial charge in [0.2, 0.25) is 0 Å². The molecule has 0 amide bonds. The van der Waals surface area contributed by atoms with E-state index in [4.69, 9.17) is 5.73 Å². The van der Waals surface area contributed by atoms with Crippen molar-refractivity contribution in [3.8, 4) is 0 Å². The van der Waals surface area contributed by atoms with Gasteiger partial charge in [0.1, 0.15) is 0 Å². The summed E-state index contributed by atoms with van der Waals surface area (Å²) in [4.78, 5) is 2.66. The molecule has 0 aromatic heterocycles. The molecule has 2 heteroatoms. The third-order valence-electron chi connectivity index (χ3n) is 4.22. The molecule has 3 unspecified atom stereocenters. The summed E-state index contributed by atoms with van der Waals surface area (Å²) in [6, 6.07) is 0.320. The Balaban J connectivity index is 1.75. The summed E-state index contributed by atoms with van der Waals surface area (Å²) in [5.41, 5.74) is 5.90. The molecule has 0 saturated carbocycles. The second-order valence-corrected chi connectivity index (χ2v) is 5.55. The van der Waals surface area contributed by atoms with Gasteiger partial charge in [-0.25, -0.2) is 0 Å². The van der Waals surface area contributed by atoms with Crippen molar-refractivity contribution in [2.75, 3.05) is 19.6 Å². The zero-order chi connectivity index (χ0) is 11.4. The largest absolute Gasteiger partial charge is 0.324 e. The van der Waals surface area contributed by atoms with Gasteiger partial charge in [0.25, 0.3) is 0 Å². The fourth-order valence-corrected chi connectivity index (χ4v) is 3.09. The molecule has 1 heterocycles. The van der Waals surface area contributed by atoms with Gasteiger partial charge in [0.05, 0.1) is 0 Å². The molecule has 0 radical (unpaired) electrons. The zero-order valence-electron chi connectivity index (χ0n) is 10.6. The van der Waals surface area contributed by atoms with Crippen LogP contribution < -0.4 is 5.73 Å². The highest BCUT2D eigenvalue weighted by Crippen LogP contribution is 2.23. The van der Waals surface area contributed by atoms with Gasteiger partial charge >= 0.3 is 0 Å². The van der Waals surface area contributed by atoms with Gasteiger partial charge in [-0.2, -0.15) is 0 Å². The standard InChI is InChI=1S/C14H26N2/c1-2-12-4-3-8-16(9-7-12)11-13-5-6-14(15)10-13/h5-6,12-14H,2-4,7-11,15H2,1H3. The van der Waals surface area contributed by atoms with Crippen molar-refractivity contribution < 1.29 is 0 Å². The van der Waals surface area contributed by atoms with Gasteiger partial charge in [-0.1, -0.05) is 25.5 Å². The first-order chi connectivity index (χ1) is 7.78. The normalized spacial score (nSPS) is 36.5. The van der Waals surface area contributed by atoms with Gasteiger partial charge in [-0.05, 0) is 50.6 Å². The van der Waals surface area contributed by atoms with Gasteiger partial charge < -0.3 is 10.6 Å². The van der Waals surface area contributed by atoms with E-state index in [1.165, 1.54) is 45.3 Å². The van der Waals surface area contributed by atoms with E-state index >= 15 is 0 Å². The second kappa shape index (κ2) is 5.83. The Kier molecular flexibility index (Phi) is 4.42. The summed E-state index contributed by atoms with van der Waals surface area (Å²) in [6.07, 6.45) is 11.3. The Bertz CT molecular complexity index is 237. The molecule has 1 aliphatic heterocycles. The Morgan fingerprint density at radius 1 is 1.25 bits per heavy atom. The molecule has 1 saturated heterocycles. The van der Waals surface area contributed by atoms with Gasteiger partial charge in [-0.3, -0.25) is 0 Å². The molecule has 0 bridgehead atoms. The highest BCUT2D eigenvalue weighted by Gasteiger charge is 2.21. The highest BCUT2D eigenvalue weighted by atomic mass is 15.1. The fourth-order valence-electron chi connectivity index (χ4n) is 3.09. The number of hydrogen-bond acceptors (Lipinski definition) is 2. The van der Waals surface area contributed by atoms with E-state index in [1.54, 1.807) is 0 Å². The average molecular weight is 222 g/mol. The summed E-state index contributed by atoms with van der Waals surface area (Å²) in [6.45, 7) is 6.17. The molecule has 0 aromatic carbocycles. The van der Waals surface area contributed by atoms with Crippen molar-refractivity contribution in [1.82, 2.24) is 4.90 Å². The monoisotopic (exact) mass is 222 g/mol. The number of rotatable bonds is 3. The van der Waals surface area contributed by atoms with Crippen LogP contribution in [0, 0.1) is 11.8 Å². The van der Waals surface area contributed by atoms with E-state index in [0.29, 0.717) is 12.0 Å². The van der Waals surface area contributed by atoms with Crippen LogP contribution in [0.15, 0.2) is 12.2 Å². The van der Waals surface area contributed by atoms with Crippen molar-refractivity contribution in [3.05, 3.63) is 12.2 Å². The molecule has 1 fully saturated rings. The predicted molar refractivity (Wildman–Crippen MR) is 69.3 cm³/mol. The zero-order valence-corrected chi connectivity index (χ0v) is 10.6. The first-order valence-electron chi connectivity index (χ1n) is 6.94. The fraction of sp³-hybridized carbons (Fsp3) is 0.857. The predicted octanol–water partition coefficient (Wildman–Crippen LogP) is 2.40. The quantitative estimate of drug-likeness (QED) is 0.743. The Hall–Kier alpha value is -0.340. The molecule has 2 rings (SSSR count). The molecular weight excluding hydrogens is 196 g/mol. The van der Waals surface area contributed by atoms with Crippen LogP contribution in [0.5, 0.6) is 0 Å². The van der Waals surface area contributed by atoms with Crippen LogP contribution in [-0.4, -0.2) is 30.6 Å². The molecule has 2 aliphatic rings. The minimum Gasteiger partial charge on any atom is -0.324 e. The molecule has 92 valence electrons. The molecule has 2 nitrogen and oxygen atoms in total. The van der Waals surface area contributed by atoms with Gasteiger partial charge in [-0.15, -0.1) is 0 Å². The highest BCUT2D eigenvalue weighted by molar-refractivity contribution is 5.05. The number of likely N-dealkylation sites (tertiary alicyclic amines) is 1. The first kappa shape index (κ1) is 12.1. The van der Waals surface area contributed by atoms with Crippen molar-refractivity contribution in [2.24, 2.45) is 17.6 Å². The van der Waals surface area contributed by atoms with Crippen LogP contribution in [-0.2, 0) is 0 Å². The maximum absolute atomic E-state index is 5.90. The topological polar surface area (TPSA) is 29.3 Å². The van der Waals surface area contributed by atoms with Crippen LogP contribution in [0.1, 0.15) is 39.0 Å². The van der Waals surface area contributed by atoms with Crippen LogP contribution in [0.2, 0.25) is 0 Å². The minimum absolute atomic E-state index is 0.320. The van der Waals surface area contributed by atoms with E-state index in [0.717, 1.165) is 12.3 Å². The lowest BCUT2D eigenvalue weighted by molar-refractivity contribution is 0.250. The third kappa shape index (κ3) is 3.33. The van der Waals surface area contributed by atoms with E-state index in [-0.39, 0.29) is 0 Å². The summed E-state index contributed by atoms with van der Waals surface area (Å²) in [7, 11) is 0. The smallest absolute Gasteiger partial charge is 0.0229 e. The van der Waals surface area contributed by atoms with Crippen LogP contribution in [0.3, 0.4) is 0 Å². The third-order valence-corrected chi connectivity index (χ3v) is 4.22. The summed E-state index contributed by atoms with van der Waals surface area (Å²) in [5.74, 6) is 1.69. The summed E-state index contributed by atoms with van der Waals surface area (Å²) in [5, 5.41) is 0. The molecule has 16 heavy (non-hydrogen) atoms. The lowest BCUT2D eigenvalue weighted by Crippen LogP contribution is -2.30. The molecule has 2 N–H and O–H groups in total.